The van der Waals surface area contributed by atoms with Gasteiger partial charge in [0, 0.05) is 6.08 Å². The second-order valence-corrected chi connectivity index (χ2v) is 2.62. The number of rotatable bonds is 1. The first-order valence-corrected chi connectivity index (χ1v) is 4.80. The molecule has 0 radical (unpaired) electrons. The normalized spacial score (nSPS) is 6.16. The molecular formula is C13H16N2O4. The van der Waals surface area contributed by atoms with Gasteiger partial charge in [0.2, 0.25) is 12.2 Å². The number of hydrogen-bond acceptors (Lipinski definition) is 6. The smallest absolute Gasteiger partial charge is 0.274 e. The topological polar surface area (TPSA) is 122 Å². The second-order valence-electron chi connectivity index (χ2n) is 2.62. The lowest BCUT2D eigenvalue weighted by molar-refractivity contribution is 0.191. The van der Waals surface area contributed by atoms with Gasteiger partial charge in [0.05, 0.1) is 0 Å². The number of nitrogens with one attached hydrogen (secondary N) is 2. The van der Waals surface area contributed by atoms with Crippen LogP contribution in [0.3, 0.4) is 0 Å². The van der Waals surface area contributed by atoms with E-state index in [1.165, 1.54) is 11.6 Å². The maximum atomic E-state index is 8.35. The van der Waals surface area contributed by atoms with E-state index in [1.54, 1.807) is 0 Å². The van der Waals surface area contributed by atoms with Crippen LogP contribution >= 0.6 is 0 Å². The van der Waals surface area contributed by atoms with Gasteiger partial charge < -0.3 is 10.2 Å². The zero-order valence-electron chi connectivity index (χ0n) is 10.5. The van der Waals surface area contributed by atoms with Gasteiger partial charge in [-0.25, -0.2) is 20.4 Å². The van der Waals surface area contributed by atoms with Crippen molar-refractivity contribution in [3.63, 3.8) is 0 Å². The first-order chi connectivity index (χ1) is 8.99. The van der Waals surface area contributed by atoms with Crippen molar-refractivity contribution in [2.75, 3.05) is 0 Å². The maximum Gasteiger partial charge on any atom is 0.274 e. The van der Waals surface area contributed by atoms with E-state index in [9.17, 15) is 0 Å². The summed E-state index contributed by atoms with van der Waals surface area (Å²) < 4.78 is 0. The van der Waals surface area contributed by atoms with Crippen molar-refractivity contribution in [1.82, 2.24) is 0 Å². The minimum absolute atomic E-state index is 0.704. The highest BCUT2D eigenvalue weighted by Gasteiger charge is 1.72. The summed E-state index contributed by atoms with van der Waals surface area (Å²) in [6, 6.07) is 10.3. The molecule has 0 saturated carbocycles. The molecule has 1 aromatic rings. The molecule has 6 nitrogen and oxygen atoms in total. The Morgan fingerprint density at radius 3 is 1.63 bits per heavy atom. The van der Waals surface area contributed by atoms with Crippen LogP contribution in [0.5, 0.6) is 0 Å². The molecule has 0 aliphatic rings. The highest BCUT2D eigenvalue weighted by molar-refractivity contribution is 5.26. The molecule has 0 bridgehead atoms. The Balaban J connectivity index is -0.000000195. The molecule has 0 atom stereocenters. The van der Waals surface area contributed by atoms with Crippen LogP contribution in [-0.4, -0.2) is 22.4 Å². The third-order valence-electron chi connectivity index (χ3n) is 1.21. The number of hydrogen-bond donors (Lipinski definition) is 4. The van der Waals surface area contributed by atoms with Crippen LogP contribution in [0, 0.1) is 17.7 Å². The number of allylic oxidation sites excluding steroid dienone is 2. The van der Waals surface area contributed by atoms with Crippen molar-refractivity contribution in [3.8, 4) is 0 Å². The highest BCUT2D eigenvalue weighted by atomic mass is 16.5. The van der Waals surface area contributed by atoms with Crippen molar-refractivity contribution in [2.24, 2.45) is 0 Å². The maximum absolute atomic E-state index is 8.35. The molecule has 0 fully saturated rings. The van der Waals surface area contributed by atoms with Crippen LogP contribution < -0.4 is 0 Å². The predicted octanol–water partition coefficient (Wildman–Crippen LogP) is 2.93. The summed E-state index contributed by atoms with van der Waals surface area (Å²) in [4.78, 5) is 16.7. The van der Waals surface area contributed by atoms with E-state index in [-0.39, 0.29) is 0 Å². The summed E-state index contributed by atoms with van der Waals surface area (Å²) in [6.45, 7) is 5.29. The lowest BCUT2D eigenvalue weighted by atomic mass is 10.2. The molecule has 4 N–H and O–H groups in total. The Morgan fingerprint density at radius 1 is 1.16 bits per heavy atom. The molecule has 0 heterocycles. The molecule has 1 rings (SSSR count). The van der Waals surface area contributed by atoms with E-state index in [0.717, 1.165) is 18.2 Å². The first kappa shape index (κ1) is 21.4. The molecule has 19 heavy (non-hydrogen) atoms. The van der Waals surface area contributed by atoms with Gasteiger partial charge in [-0.05, 0) is 6.92 Å². The first-order valence-electron chi connectivity index (χ1n) is 4.80. The van der Waals surface area contributed by atoms with Gasteiger partial charge in [-0.2, -0.15) is 0 Å². The number of aliphatic hydroxyl groups is 2. The minimum atomic E-state index is -0.704. The number of isocyanates is 2. The van der Waals surface area contributed by atoms with E-state index < -0.39 is 5.95 Å². The van der Waals surface area contributed by atoms with Crippen molar-refractivity contribution in [2.45, 2.75) is 6.92 Å². The second kappa shape index (κ2) is 20.5. The summed E-state index contributed by atoms with van der Waals surface area (Å²) in [5.41, 5.74) is 1.32. The molecular weight excluding hydrogens is 248 g/mol. The number of aryl methyl sites for hydroxylation is 1. The molecule has 0 saturated heterocycles. The Kier molecular flexibility index (Phi) is 23.0. The van der Waals surface area contributed by atoms with Crippen molar-refractivity contribution in [1.29, 1.82) is 10.8 Å². The molecule has 1 aromatic carbocycles. The van der Waals surface area contributed by atoms with Gasteiger partial charge in [0.25, 0.3) is 5.95 Å². The standard InChI is InChI=1S/C7H8.C4H6O2.2CHNO/c1-7-5-3-2-4-6-7;1-2-3-4(5)6;2*2-1-3/h2-6H,1H3;2-3,5-6H,1H2;2*2H. The molecule has 6 heteroatoms. The fourth-order valence-corrected chi connectivity index (χ4v) is 0.640. The summed E-state index contributed by atoms with van der Waals surface area (Å²) in [5.74, 6) is -0.704. The van der Waals surface area contributed by atoms with E-state index in [2.05, 4.69) is 25.6 Å². The fourth-order valence-electron chi connectivity index (χ4n) is 0.640. The van der Waals surface area contributed by atoms with Crippen molar-refractivity contribution >= 4 is 12.2 Å². The summed E-state index contributed by atoms with van der Waals surface area (Å²) >= 11 is 0. The van der Waals surface area contributed by atoms with Crippen LogP contribution in [-0.2, 0) is 9.59 Å². The zero-order valence-corrected chi connectivity index (χ0v) is 10.5. The van der Waals surface area contributed by atoms with E-state index in [0.29, 0.717) is 0 Å². The van der Waals surface area contributed by atoms with Crippen LogP contribution in [0.15, 0.2) is 55.0 Å². The third-order valence-corrected chi connectivity index (χ3v) is 1.21. The van der Waals surface area contributed by atoms with Crippen LogP contribution in [0.2, 0.25) is 0 Å². The van der Waals surface area contributed by atoms with Crippen LogP contribution in [0.4, 0.5) is 0 Å². The Bertz CT molecular complexity index is 400. The largest absolute Gasteiger partial charge is 0.481 e. The molecule has 0 spiro atoms. The van der Waals surface area contributed by atoms with Gasteiger partial charge >= 0.3 is 0 Å². The van der Waals surface area contributed by atoms with Gasteiger partial charge in [0.1, 0.15) is 0 Å². The molecule has 0 aromatic heterocycles. The molecule has 0 aliphatic carbocycles. The lowest BCUT2D eigenvalue weighted by Gasteiger charge is -1.82. The summed E-state index contributed by atoms with van der Waals surface area (Å²) in [6.07, 6.45) is 3.87. The van der Waals surface area contributed by atoms with Crippen molar-refractivity contribution < 1.29 is 19.8 Å². The predicted molar refractivity (Wildman–Crippen MR) is 71.5 cm³/mol. The van der Waals surface area contributed by atoms with Gasteiger partial charge in [-0.3, -0.25) is 0 Å². The Hall–Kier alpha value is -2.94. The minimum Gasteiger partial charge on any atom is -0.481 e. The third kappa shape index (κ3) is 39.5. The monoisotopic (exact) mass is 264 g/mol. The average molecular weight is 264 g/mol. The lowest BCUT2D eigenvalue weighted by Crippen LogP contribution is -1.69. The summed E-state index contributed by atoms with van der Waals surface area (Å²) in [5, 5.41) is 26.6. The quantitative estimate of drug-likeness (QED) is 0.269. The number of benzene rings is 1. The zero-order chi connectivity index (χ0) is 15.5. The average Bonchev–Trinajstić information content (AvgIpc) is 2.32. The molecule has 0 amide bonds. The highest BCUT2D eigenvalue weighted by Crippen LogP contribution is 1.92. The van der Waals surface area contributed by atoms with Gasteiger partial charge in [-0.1, -0.05) is 48.6 Å². The SMILES string of the molecule is C=CC=C(O)O.Cc1ccccc1.N=C=O.N=C=O. The Labute approximate surface area is 111 Å². The van der Waals surface area contributed by atoms with Crippen LogP contribution in [0.1, 0.15) is 5.56 Å². The van der Waals surface area contributed by atoms with E-state index >= 15 is 0 Å². The van der Waals surface area contributed by atoms with Crippen LogP contribution in [0.25, 0.3) is 0 Å². The molecule has 102 valence electrons. The fraction of sp³-hybridized carbons (Fsp3) is 0.0769. The molecule has 0 aliphatic heterocycles. The molecule has 0 unspecified atom stereocenters. The number of carbonyl (C=O) groups excluding carboxylic acids is 2. The summed E-state index contributed by atoms with van der Waals surface area (Å²) in [7, 11) is 0. The van der Waals surface area contributed by atoms with E-state index in [1.807, 2.05) is 18.2 Å². The van der Waals surface area contributed by atoms with Gasteiger partial charge in [-0.15, -0.1) is 0 Å². The Morgan fingerprint density at radius 2 is 1.53 bits per heavy atom. The van der Waals surface area contributed by atoms with Crippen molar-refractivity contribution in [3.05, 3.63) is 60.6 Å². The number of aliphatic hydroxyl groups excluding tert-OH is 1. The van der Waals surface area contributed by atoms with E-state index in [4.69, 9.17) is 30.6 Å². The van der Waals surface area contributed by atoms with Gasteiger partial charge in [0.15, 0.2) is 0 Å².